The van der Waals surface area contributed by atoms with E-state index in [4.69, 9.17) is 39.5 Å². The highest BCUT2D eigenvalue weighted by atomic mass is 79.9. The van der Waals surface area contributed by atoms with Gasteiger partial charge in [-0.3, -0.25) is 0 Å². The maximum absolute atomic E-state index is 11.3. The normalized spacial score (nSPS) is 13.9. The predicted molar refractivity (Wildman–Crippen MR) is 80.0 cm³/mol. The minimum Gasteiger partial charge on any atom is -0.382 e. The number of carbonyl (C=O) groups is 1. The Balaban J connectivity index is 2.38. The van der Waals surface area contributed by atoms with Crippen LogP contribution in [-0.4, -0.2) is 17.5 Å². The quantitative estimate of drug-likeness (QED) is 0.519. The molecule has 0 N–H and O–H groups in total. The van der Waals surface area contributed by atoms with E-state index in [1.807, 2.05) is 6.07 Å². The van der Waals surface area contributed by atoms with Gasteiger partial charge < -0.3 is 8.57 Å². The maximum Gasteiger partial charge on any atom is 0.338 e. The Morgan fingerprint density at radius 3 is 2.63 bits per heavy atom. The number of halogens is 4. The minimum absolute atomic E-state index is 0.322. The van der Waals surface area contributed by atoms with Crippen LogP contribution in [-0.2, 0) is 20.0 Å². The summed E-state index contributed by atoms with van der Waals surface area (Å²) in [4.78, 5) is 10.2. The van der Waals surface area contributed by atoms with Gasteiger partial charge in [0.05, 0.1) is 16.7 Å². The van der Waals surface area contributed by atoms with Crippen LogP contribution in [0.4, 0.5) is 0 Å². The first-order valence-electron chi connectivity index (χ1n) is 5.40. The molecule has 1 unspecified atom stereocenters. The molecule has 106 valence electrons. The summed E-state index contributed by atoms with van der Waals surface area (Å²) in [5.41, 5.74) is 0.897. The van der Waals surface area contributed by atoms with E-state index < -0.39 is 10.8 Å². The van der Waals surface area contributed by atoms with Gasteiger partial charge in [-0.15, -0.1) is 11.6 Å². The minimum atomic E-state index is -1.11. The SMILES string of the molecule is CC(Cl)(CCOCc1ccc(Cl)c(Cl)c1)C(=O)OBr. The van der Waals surface area contributed by atoms with Gasteiger partial charge in [0.25, 0.3) is 0 Å². The molecular weight excluding hydrogens is 378 g/mol. The van der Waals surface area contributed by atoms with Crippen LogP contribution in [0.2, 0.25) is 10.0 Å². The molecule has 0 fully saturated rings. The second kappa shape index (κ2) is 7.70. The molecule has 19 heavy (non-hydrogen) atoms. The Hall–Kier alpha value is -0.000000000000000111. The molecular formula is C12H12BrCl3O3. The van der Waals surface area contributed by atoms with Crippen molar-refractivity contribution >= 4 is 57.0 Å². The zero-order chi connectivity index (χ0) is 14.5. The third-order valence-electron chi connectivity index (χ3n) is 2.46. The molecule has 7 heteroatoms. The lowest BCUT2D eigenvalue weighted by Gasteiger charge is -2.17. The number of ether oxygens (including phenoxy) is 1. The monoisotopic (exact) mass is 388 g/mol. The highest BCUT2D eigenvalue weighted by molar-refractivity contribution is 9.06. The van der Waals surface area contributed by atoms with E-state index in [9.17, 15) is 4.79 Å². The van der Waals surface area contributed by atoms with Crippen LogP contribution in [0, 0.1) is 0 Å². The lowest BCUT2D eigenvalue weighted by atomic mass is 10.1. The zero-order valence-corrected chi connectivity index (χ0v) is 13.9. The number of rotatable bonds is 6. The highest BCUT2D eigenvalue weighted by Crippen LogP contribution is 2.24. The van der Waals surface area contributed by atoms with E-state index >= 15 is 0 Å². The molecule has 1 aromatic carbocycles. The molecule has 0 aliphatic heterocycles. The Labute approximate surface area is 135 Å². The van der Waals surface area contributed by atoms with Crippen molar-refractivity contribution in [3.8, 4) is 0 Å². The van der Waals surface area contributed by atoms with Crippen LogP contribution >= 0.6 is 51.1 Å². The third-order valence-corrected chi connectivity index (χ3v) is 3.84. The number of hydrogen-bond acceptors (Lipinski definition) is 3. The first-order valence-corrected chi connectivity index (χ1v) is 7.18. The van der Waals surface area contributed by atoms with Crippen molar-refractivity contribution in [1.82, 2.24) is 0 Å². The first-order chi connectivity index (χ1) is 8.86. The lowest BCUT2D eigenvalue weighted by Crippen LogP contribution is -2.30. The van der Waals surface area contributed by atoms with E-state index in [2.05, 4.69) is 20.1 Å². The van der Waals surface area contributed by atoms with Gasteiger partial charge in [0.15, 0.2) is 16.3 Å². The topological polar surface area (TPSA) is 35.5 Å². The number of hydrogen-bond donors (Lipinski definition) is 0. The van der Waals surface area contributed by atoms with Crippen molar-refractivity contribution in [2.45, 2.75) is 24.8 Å². The Bertz CT molecular complexity index is 452. The summed E-state index contributed by atoms with van der Waals surface area (Å²) in [5.74, 6) is -0.549. The smallest absolute Gasteiger partial charge is 0.338 e. The van der Waals surface area contributed by atoms with Crippen LogP contribution in [0.25, 0.3) is 0 Å². The molecule has 1 rings (SSSR count). The van der Waals surface area contributed by atoms with Crippen molar-refractivity contribution in [2.75, 3.05) is 6.61 Å². The third kappa shape index (κ3) is 5.48. The van der Waals surface area contributed by atoms with Crippen LogP contribution in [0.1, 0.15) is 18.9 Å². The fourth-order valence-corrected chi connectivity index (χ4v) is 2.15. The van der Waals surface area contributed by atoms with Gasteiger partial charge in [0.2, 0.25) is 0 Å². The van der Waals surface area contributed by atoms with Crippen molar-refractivity contribution in [3.63, 3.8) is 0 Å². The Morgan fingerprint density at radius 1 is 1.37 bits per heavy atom. The van der Waals surface area contributed by atoms with Gasteiger partial charge in [0, 0.05) is 13.0 Å². The van der Waals surface area contributed by atoms with E-state index in [0.717, 1.165) is 5.56 Å². The van der Waals surface area contributed by atoms with Crippen LogP contribution in [0.15, 0.2) is 18.2 Å². The molecule has 1 aromatic rings. The summed E-state index contributed by atoms with van der Waals surface area (Å²) < 4.78 is 9.85. The molecule has 3 nitrogen and oxygen atoms in total. The summed E-state index contributed by atoms with van der Waals surface area (Å²) in [5, 5.41) is 0.978. The molecule has 0 aliphatic rings. The lowest BCUT2D eigenvalue weighted by molar-refractivity contribution is -0.135. The summed E-state index contributed by atoms with van der Waals surface area (Å²) in [6.07, 6.45) is 0.334. The fraction of sp³-hybridized carbons (Fsp3) is 0.417. The number of benzene rings is 1. The number of alkyl halides is 1. The largest absolute Gasteiger partial charge is 0.382 e. The molecule has 0 amide bonds. The average molecular weight is 390 g/mol. The Kier molecular flexibility index (Phi) is 6.91. The molecule has 0 aromatic heterocycles. The molecule has 0 saturated carbocycles. The van der Waals surface area contributed by atoms with Crippen molar-refractivity contribution in [2.24, 2.45) is 0 Å². The van der Waals surface area contributed by atoms with Crippen LogP contribution < -0.4 is 0 Å². The summed E-state index contributed by atoms with van der Waals surface area (Å²) in [7, 11) is 0. The molecule has 0 spiro atoms. The molecule has 0 aliphatic carbocycles. The van der Waals surface area contributed by atoms with Gasteiger partial charge in [0.1, 0.15) is 4.87 Å². The second-order valence-electron chi connectivity index (χ2n) is 4.11. The van der Waals surface area contributed by atoms with Crippen LogP contribution in [0.3, 0.4) is 0 Å². The molecule has 1 atom stereocenters. The van der Waals surface area contributed by atoms with E-state index in [1.165, 1.54) is 0 Å². The van der Waals surface area contributed by atoms with Gasteiger partial charge >= 0.3 is 5.97 Å². The average Bonchev–Trinajstić information content (AvgIpc) is 2.37. The van der Waals surface area contributed by atoms with Gasteiger partial charge in [-0.05, 0) is 24.6 Å². The van der Waals surface area contributed by atoms with Crippen molar-refractivity contribution < 1.29 is 13.4 Å². The second-order valence-corrected chi connectivity index (χ2v) is 6.09. The number of carbonyl (C=O) groups excluding carboxylic acids is 1. The van der Waals surface area contributed by atoms with E-state index in [0.29, 0.717) is 29.7 Å². The van der Waals surface area contributed by atoms with Gasteiger partial charge in [-0.2, -0.15) is 0 Å². The molecule has 0 radical (unpaired) electrons. The summed E-state index contributed by atoms with van der Waals surface area (Å²) in [6.45, 7) is 2.26. The first kappa shape index (κ1) is 17.1. The standard InChI is InChI=1S/C12H12BrCl3O3/c1-12(16,11(17)19-13)4-5-18-7-8-2-3-9(14)10(15)6-8/h2-3,6H,4-5,7H2,1H3. The van der Waals surface area contributed by atoms with Crippen molar-refractivity contribution in [3.05, 3.63) is 33.8 Å². The Morgan fingerprint density at radius 2 is 2.05 bits per heavy atom. The summed E-state index contributed by atoms with van der Waals surface area (Å²) >= 11 is 20.3. The van der Waals surface area contributed by atoms with Crippen LogP contribution in [0.5, 0.6) is 0 Å². The predicted octanol–water partition coefficient (Wildman–Crippen LogP) is 4.75. The summed E-state index contributed by atoms with van der Waals surface area (Å²) in [6, 6.07) is 5.26. The maximum atomic E-state index is 11.3. The van der Waals surface area contributed by atoms with Gasteiger partial charge in [-0.25, -0.2) is 4.79 Å². The van der Waals surface area contributed by atoms with Gasteiger partial charge in [-0.1, -0.05) is 29.3 Å². The molecule has 0 heterocycles. The fourth-order valence-electron chi connectivity index (χ4n) is 1.27. The van der Waals surface area contributed by atoms with Crippen molar-refractivity contribution in [1.29, 1.82) is 0 Å². The molecule has 0 bridgehead atoms. The highest BCUT2D eigenvalue weighted by Gasteiger charge is 2.31. The molecule has 0 saturated heterocycles. The zero-order valence-electron chi connectivity index (χ0n) is 10.1. The van der Waals surface area contributed by atoms with E-state index in [1.54, 1.807) is 19.1 Å². The van der Waals surface area contributed by atoms with E-state index in [-0.39, 0.29) is 0 Å².